The lowest BCUT2D eigenvalue weighted by Gasteiger charge is -2.33. The van der Waals surface area contributed by atoms with Gasteiger partial charge in [-0.25, -0.2) is 4.79 Å². The van der Waals surface area contributed by atoms with Crippen LogP contribution < -0.4 is 0 Å². The van der Waals surface area contributed by atoms with Gasteiger partial charge in [0.05, 0.1) is 6.61 Å². The van der Waals surface area contributed by atoms with Crippen molar-refractivity contribution < 1.29 is 9.53 Å². The predicted octanol–water partition coefficient (Wildman–Crippen LogP) is 5.15. The quantitative estimate of drug-likeness (QED) is 0.748. The molecule has 130 valence electrons. The number of carbonyl (C=O) groups is 1. The van der Waals surface area contributed by atoms with Gasteiger partial charge in [0.2, 0.25) is 0 Å². The Kier molecular flexibility index (Phi) is 5.27. The fourth-order valence-corrected chi connectivity index (χ4v) is 4.32. The summed E-state index contributed by atoms with van der Waals surface area (Å²) in [6.45, 7) is 3.02. The van der Waals surface area contributed by atoms with E-state index in [-0.39, 0.29) is 11.5 Å². The van der Waals surface area contributed by atoms with Crippen molar-refractivity contribution in [1.82, 2.24) is 4.90 Å². The van der Waals surface area contributed by atoms with Crippen molar-refractivity contribution in [3.8, 4) is 0 Å². The zero-order valence-electron chi connectivity index (χ0n) is 15.0. The number of rotatable bonds is 5. The van der Waals surface area contributed by atoms with E-state index >= 15 is 0 Å². The molecule has 0 saturated heterocycles. The number of nitrogens with zero attached hydrogens (tertiary/aromatic N) is 1. The highest BCUT2D eigenvalue weighted by Gasteiger charge is 2.38. The molecule has 2 aliphatic carbocycles. The Morgan fingerprint density at radius 1 is 1.21 bits per heavy atom. The maximum atomic E-state index is 11.7. The van der Waals surface area contributed by atoms with Crippen LogP contribution in [-0.4, -0.2) is 31.2 Å². The zero-order valence-corrected chi connectivity index (χ0v) is 15.0. The van der Waals surface area contributed by atoms with E-state index in [0.29, 0.717) is 6.61 Å². The van der Waals surface area contributed by atoms with Crippen LogP contribution in [0.2, 0.25) is 0 Å². The topological polar surface area (TPSA) is 29.5 Å². The third kappa shape index (κ3) is 3.35. The van der Waals surface area contributed by atoms with Crippen molar-refractivity contribution in [2.24, 2.45) is 0 Å². The van der Waals surface area contributed by atoms with E-state index in [1.807, 2.05) is 14.0 Å². The summed E-state index contributed by atoms with van der Waals surface area (Å²) in [6, 6.07) is 8.94. The zero-order chi connectivity index (χ0) is 17.0. The van der Waals surface area contributed by atoms with Crippen molar-refractivity contribution in [2.75, 3.05) is 20.2 Å². The lowest BCUT2D eigenvalue weighted by molar-refractivity contribution is 0.116. The molecule has 1 spiro atoms. The van der Waals surface area contributed by atoms with Crippen LogP contribution >= 0.6 is 0 Å². The number of hydrogen-bond acceptors (Lipinski definition) is 2. The van der Waals surface area contributed by atoms with Gasteiger partial charge in [0.15, 0.2) is 0 Å². The maximum absolute atomic E-state index is 11.7. The monoisotopic (exact) mass is 327 g/mol. The van der Waals surface area contributed by atoms with Crippen LogP contribution in [0.3, 0.4) is 0 Å². The Morgan fingerprint density at radius 3 is 2.71 bits per heavy atom. The molecule has 1 fully saturated rings. The molecule has 0 atom stereocenters. The average Bonchev–Trinajstić information content (AvgIpc) is 2.90. The number of hydrogen-bond donors (Lipinski definition) is 0. The number of amides is 1. The lowest BCUT2D eigenvalue weighted by atomic mass is 9.71. The molecule has 0 aliphatic heterocycles. The van der Waals surface area contributed by atoms with Gasteiger partial charge in [-0.3, -0.25) is 0 Å². The van der Waals surface area contributed by atoms with Gasteiger partial charge >= 0.3 is 6.09 Å². The van der Waals surface area contributed by atoms with E-state index in [1.165, 1.54) is 43.2 Å². The van der Waals surface area contributed by atoms with Gasteiger partial charge in [-0.15, -0.1) is 0 Å². The highest BCUT2D eigenvalue weighted by Crippen LogP contribution is 2.50. The third-order valence-corrected chi connectivity index (χ3v) is 5.52. The Balaban J connectivity index is 1.67. The molecule has 1 amide bonds. The molecule has 0 N–H and O–H groups in total. The summed E-state index contributed by atoms with van der Waals surface area (Å²) in [7, 11) is 1.82. The van der Waals surface area contributed by atoms with Gasteiger partial charge in [0, 0.05) is 19.0 Å². The normalized spacial score (nSPS) is 18.2. The fraction of sp³-hybridized carbons (Fsp3) is 0.571. The minimum absolute atomic E-state index is 0.220. The van der Waals surface area contributed by atoms with E-state index in [1.54, 1.807) is 10.5 Å². The second-order valence-electron chi connectivity index (χ2n) is 7.16. The maximum Gasteiger partial charge on any atom is 0.409 e. The van der Waals surface area contributed by atoms with E-state index < -0.39 is 0 Å². The summed E-state index contributed by atoms with van der Waals surface area (Å²) in [6.07, 6.45) is 11.0. The molecule has 0 heterocycles. The van der Waals surface area contributed by atoms with Crippen molar-refractivity contribution >= 4 is 11.7 Å². The number of ether oxygens (including phenoxy) is 1. The van der Waals surface area contributed by atoms with Crippen molar-refractivity contribution in [2.45, 2.75) is 57.3 Å². The van der Waals surface area contributed by atoms with Crippen LogP contribution in [0.4, 0.5) is 4.79 Å². The second kappa shape index (κ2) is 7.42. The van der Waals surface area contributed by atoms with Gasteiger partial charge in [-0.05, 0) is 49.3 Å². The fourth-order valence-electron chi connectivity index (χ4n) is 4.32. The first kappa shape index (κ1) is 17.1. The van der Waals surface area contributed by atoms with E-state index in [9.17, 15) is 4.79 Å². The number of allylic oxidation sites excluding steroid dienone is 2. The molecule has 3 heteroatoms. The van der Waals surface area contributed by atoms with Crippen LogP contribution in [0, 0.1) is 0 Å². The van der Waals surface area contributed by atoms with Gasteiger partial charge in [0.25, 0.3) is 0 Å². The minimum atomic E-state index is -0.220. The smallest absolute Gasteiger partial charge is 0.409 e. The molecule has 0 aromatic heterocycles. The van der Waals surface area contributed by atoms with Crippen LogP contribution in [0.1, 0.15) is 63.0 Å². The molecule has 24 heavy (non-hydrogen) atoms. The molecule has 3 rings (SSSR count). The van der Waals surface area contributed by atoms with Crippen LogP contribution in [0.25, 0.3) is 5.57 Å². The Labute approximate surface area is 145 Å². The Bertz CT molecular complexity index is 614. The average molecular weight is 327 g/mol. The van der Waals surface area contributed by atoms with Crippen molar-refractivity contribution in [3.05, 3.63) is 41.5 Å². The molecular weight excluding hydrogens is 298 g/mol. The second-order valence-corrected chi connectivity index (χ2v) is 7.16. The SMILES string of the molecule is CCOC(=O)N(C)CCCC1=CC2(CCCCC2)c2ccccc21. The summed E-state index contributed by atoms with van der Waals surface area (Å²) in [5.74, 6) is 0. The predicted molar refractivity (Wildman–Crippen MR) is 98.1 cm³/mol. The molecule has 0 radical (unpaired) electrons. The van der Waals surface area contributed by atoms with Gasteiger partial charge in [-0.2, -0.15) is 0 Å². The first-order valence-electron chi connectivity index (χ1n) is 9.36. The number of carbonyl (C=O) groups excluding carboxylic acids is 1. The summed E-state index contributed by atoms with van der Waals surface area (Å²) < 4.78 is 5.04. The van der Waals surface area contributed by atoms with Crippen LogP contribution in [-0.2, 0) is 10.2 Å². The molecule has 0 bridgehead atoms. The molecule has 1 aromatic carbocycles. The number of benzene rings is 1. The summed E-state index contributed by atoms with van der Waals surface area (Å²) >= 11 is 0. The molecule has 0 unspecified atom stereocenters. The van der Waals surface area contributed by atoms with Gasteiger partial charge in [-0.1, -0.05) is 49.6 Å². The largest absolute Gasteiger partial charge is 0.450 e. The van der Waals surface area contributed by atoms with E-state index in [2.05, 4.69) is 30.3 Å². The summed E-state index contributed by atoms with van der Waals surface area (Å²) in [4.78, 5) is 13.4. The summed E-state index contributed by atoms with van der Waals surface area (Å²) in [5, 5.41) is 0. The highest BCUT2D eigenvalue weighted by molar-refractivity contribution is 5.76. The van der Waals surface area contributed by atoms with Gasteiger partial charge in [0.1, 0.15) is 0 Å². The van der Waals surface area contributed by atoms with Crippen molar-refractivity contribution in [1.29, 1.82) is 0 Å². The molecule has 2 aliphatic rings. The molecular formula is C21H29NO2. The number of fused-ring (bicyclic) bond motifs is 2. The summed E-state index contributed by atoms with van der Waals surface area (Å²) in [5.41, 5.74) is 4.75. The third-order valence-electron chi connectivity index (χ3n) is 5.52. The van der Waals surface area contributed by atoms with Crippen molar-refractivity contribution in [3.63, 3.8) is 0 Å². The van der Waals surface area contributed by atoms with E-state index in [0.717, 1.165) is 19.4 Å². The van der Waals surface area contributed by atoms with Crippen LogP contribution in [0.15, 0.2) is 30.3 Å². The Hall–Kier alpha value is -1.77. The molecule has 3 nitrogen and oxygen atoms in total. The van der Waals surface area contributed by atoms with Crippen LogP contribution in [0.5, 0.6) is 0 Å². The minimum Gasteiger partial charge on any atom is -0.450 e. The Morgan fingerprint density at radius 2 is 1.96 bits per heavy atom. The molecule has 1 saturated carbocycles. The first-order chi connectivity index (χ1) is 11.7. The molecule has 1 aromatic rings. The van der Waals surface area contributed by atoms with Gasteiger partial charge < -0.3 is 9.64 Å². The standard InChI is InChI=1S/C21H29NO2/c1-3-24-20(23)22(2)15-9-10-17-16-21(13-7-4-8-14-21)19-12-6-5-11-18(17)19/h5-6,11-12,16H,3-4,7-10,13-15H2,1-2H3. The lowest BCUT2D eigenvalue weighted by Crippen LogP contribution is -2.28. The highest BCUT2D eigenvalue weighted by atomic mass is 16.5. The van der Waals surface area contributed by atoms with E-state index in [4.69, 9.17) is 4.74 Å². The first-order valence-corrected chi connectivity index (χ1v) is 9.36.